The van der Waals surface area contributed by atoms with Crippen molar-refractivity contribution in [2.75, 3.05) is 44.8 Å². The predicted molar refractivity (Wildman–Crippen MR) is 107 cm³/mol. The molecule has 8 heteroatoms. The highest BCUT2D eigenvalue weighted by Crippen LogP contribution is 2.35. The minimum atomic E-state index is -0.440. The predicted octanol–water partition coefficient (Wildman–Crippen LogP) is 3.52. The smallest absolute Gasteiger partial charge is 0.350 e. The Hall–Kier alpha value is -1.93. The Morgan fingerprint density at radius 3 is 2.63 bits per heavy atom. The molecule has 0 unspecified atom stereocenters. The van der Waals surface area contributed by atoms with Crippen LogP contribution in [0.15, 0.2) is 30.3 Å². The molecule has 0 bridgehead atoms. The molecular weight excluding hydrogens is 388 g/mol. The van der Waals surface area contributed by atoms with E-state index in [4.69, 9.17) is 21.1 Å². The highest BCUT2D eigenvalue weighted by Gasteiger charge is 2.21. The van der Waals surface area contributed by atoms with E-state index in [9.17, 15) is 9.59 Å². The number of rotatable bonds is 6. The zero-order valence-electron chi connectivity index (χ0n) is 15.0. The number of hydrogen-bond acceptors (Lipinski definition) is 6. The number of nitrogens with zero attached hydrogens (tertiary/aromatic N) is 1. The quantitative estimate of drug-likeness (QED) is 0.741. The second kappa shape index (κ2) is 9.32. The van der Waals surface area contributed by atoms with Gasteiger partial charge in [-0.05, 0) is 30.7 Å². The fourth-order valence-corrected chi connectivity index (χ4v) is 3.88. The molecule has 1 aromatic carbocycles. The number of benzene rings is 1. The molecule has 3 rings (SSSR count). The van der Waals surface area contributed by atoms with Crippen LogP contribution in [0, 0.1) is 0 Å². The number of morpholine rings is 1. The fourth-order valence-electron chi connectivity index (χ4n) is 2.74. The Morgan fingerprint density at radius 1 is 1.26 bits per heavy atom. The summed E-state index contributed by atoms with van der Waals surface area (Å²) >= 11 is 7.24. The van der Waals surface area contributed by atoms with E-state index < -0.39 is 5.97 Å². The Morgan fingerprint density at radius 2 is 1.96 bits per heavy atom. The Kier molecular flexibility index (Phi) is 6.84. The van der Waals surface area contributed by atoms with Crippen LogP contribution in [0.2, 0.25) is 5.02 Å². The third kappa shape index (κ3) is 5.29. The lowest BCUT2D eigenvalue weighted by Crippen LogP contribution is -2.41. The molecule has 1 fully saturated rings. The van der Waals surface area contributed by atoms with Crippen molar-refractivity contribution >= 4 is 40.5 Å². The Bertz CT molecular complexity index is 801. The van der Waals surface area contributed by atoms with Gasteiger partial charge in [0.25, 0.3) is 0 Å². The van der Waals surface area contributed by atoms with Crippen LogP contribution >= 0.6 is 22.9 Å². The van der Waals surface area contributed by atoms with Gasteiger partial charge < -0.3 is 14.8 Å². The largest absolute Gasteiger partial charge is 0.462 e. The second-order valence-electron chi connectivity index (χ2n) is 6.02. The monoisotopic (exact) mass is 408 g/mol. The lowest BCUT2D eigenvalue weighted by Gasteiger charge is -2.25. The molecule has 0 atom stereocenters. The minimum absolute atomic E-state index is 0.164. The number of esters is 1. The third-order valence-electron chi connectivity index (χ3n) is 4.07. The summed E-state index contributed by atoms with van der Waals surface area (Å²) in [7, 11) is 0. The summed E-state index contributed by atoms with van der Waals surface area (Å²) < 4.78 is 10.4. The topological polar surface area (TPSA) is 67.9 Å². The lowest BCUT2D eigenvalue weighted by molar-refractivity contribution is -0.118. The van der Waals surface area contributed by atoms with E-state index in [0.717, 1.165) is 23.5 Å². The Labute approximate surface area is 167 Å². The van der Waals surface area contributed by atoms with Gasteiger partial charge in [0.2, 0.25) is 5.91 Å². The number of thiophene rings is 1. The fraction of sp³-hybridized carbons (Fsp3) is 0.368. The van der Waals surface area contributed by atoms with Crippen molar-refractivity contribution in [1.29, 1.82) is 0 Å². The van der Waals surface area contributed by atoms with Gasteiger partial charge in [0, 0.05) is 23.0 Å². The highest BCUT2D eigenvalue weighted by molar-refractivity contribution is 7.18. The molecule has 1 aliphatic heterocycles. The molecule has 1 amide bonds. The van der Waals surface area contributed by atoms with Crippen molar-refractivity contribution in [2.24, 2.45) is 0 Å². The van der Waals surface area contributed by atoms with Crippen LogP contribution in [-0.4, -0.2) is 56.2 Å². The van der Waals surface area contributed by atoms with Gasteiger partial charge in [0.05, 0.1) is 32.1 Å². The zero-order chi connectivity index (χ0) is 19.2. The van der Waals surface area contributed by atoms with Crippen LogP contribution in [0.5, 0.6) is 0 Å². The maximum atomic E-state index is 12.4. The van der Waals surface area contributed by atoms with Crippen molar-refractivity contribution in [1.82, 2.24) is 4.90 Å². The van der Waals surface area contributed by atoms with E-state index in [1.165, 1.54) is 11.3 Å². The van der Waals surface area contributed by atoms with Crippen molar-refractivity contribution in [3.63, 3.8) is 0 Å². The molecular formula is C19H21ClN2O4S. The van der Waals surface area contributed by atoms with E-state index in [2.05, 4.69) is 5.32 Å². The average Bonchev–Trinajstić information content (AvgIpc) is 3.07. The van der Waals surface area contributed by atoms with E-state index in [-0.39, 0.29) is 19.1 Å². The molecule has 6 nitrogen and oxygen atoms in total. The number of hydrogen-bond donors (Lipinski definition) is 1. The number of carbonyl (C=O) groups excluding carboxylic acids is 2. The molecule has 144 valence electrons. The summed E-state index contributed by atoms with van der Waals surface area (Å²) in [5.74, 6) is -0.604. The maximum Gasteiger partial charge on any atom is 0.350 e. The number of ether oxygens (including phenoxy) is 2. The first-order valence-electron chi connectivity index (χ1n) is 8.73. The van der Waals surface area contributed by atoms with Gasteiger partial charge in [-0.2, -0.15) is 0 Å². The van der Waals surface area contributed by atoms with Crippen LogP contribution in [-0.2, 0) is 14.3 Å². The molecule has 1 N–H and O–H groups in total. The van der Waals surface area contributed by atoms with Crippen molar-refractivity contribution < 1.29 is 19.1 Å². The van der Waals surface area contributed by atoms with Crippen LogP contribution in [0.1, 0.15) is 16.6 Å². The van der Waals surface area contributed by atoms with Crippen molar-refractivity contribution in [2.45, 2.75) is 6.92 Å². The second-order valence-corrected chi connectivity index (χ2v) is 7.51. The molecule has 1 aromatic heterocycles. The summed E-state index contributed by atoms with van der Waals surface area (Å²) in [6.07, 6.45) is 0. The number of amides is 1. The van der Waals surface area contributed by atoms with Crippen molar-refractivity contribution in [3.05, 3.63) is 40.2 Å². The van der Waals surface area contributed by atoms with Crippen molar-refractivity contribution in [3.8, 4) is 10.4 Å². The summed E-state index contributed by atoms with van der Waals surface area (Å²) in [4.78, 5) is 28.0. The summed E-state index contributed by atoms with van der Waals surface area (Å²) in [5.41, 5.74) is 1.39. The van der Waals surface area contributed by atoms with Crippen LogP contribution in [0.3, 0.4) is 0 Å². The Balaban J connectivity index is 1.79. The summed E-state index contributed by atoms with van der Waals surface area (Å²) in [6.45, 7) is 4.98. The van der Waals surface area contributed by atoms with Crippen LogP contribution < -0.4 is 5.32 Å². The SMILES string of the molecule is CCOC(=O)c1sc(-c2ccc(Cl)cc2)cc1NC(=O)CN1CCOCC1. The maximum absolute atomic E-state index is 12.4. The lowest BCUT2D eigenvalue weighted by atomic mass is 10.2. The third-order valence-corrected chi connectivity index (χ3v) is 5.48. The summed E-state index contributed by atoms with van der Waals surface area (Å²) in [6, 6.07) is 9.14. The average molecular weight is 409 g/mol. The van der Waals surface area contributed by atoms with Gasteiger partial charge in [-0.1, -0.05) is 23.7 Å². The first-order valence-corrected chi connectivity index (χ1v) is 9.93. The van der Waals surface area contributed by atoms with E-state index in [1.54, 1.807) is 25.1 Å². The number of halogens is 1. The van der Waals surface area contributed by atoms with Crippen LogP contribution in [0.25, 0.3) is 10.4 Å². The standard InChI is InChI=1S/C19H21ClN2O4S/c1-2-26-19(24)18-15(21-17(23)12-22-7-9-25-10-8-22)11-16(27-18)13-3-5-14(20)6-4-13/h3-6,11H,2,7-10,12H2,1H3,(H,21,23). The molecule has 0 radical (unpaired) electrons. The van der Waals surface area contributed by atoms with E-state index in [0.29, 0.717) is 28.8 Å². The first kappa shape index (κ1) is 19.8. The molecule has 1 saturated heterocycles. The van der Waals surface area contributed by atoms with E-state index >= 15 is 0 Å². The van der Waals surface area contributed by atoms with Gasteiger partial charge in [-0.15, -0.1) is 11.3 Å². The van der Waals surface area contributed by atoms with Gasteiger partial charge in [-0.3, -0.25) is 9.69 Å². The molecule has 1 aliphatic rings. The van der Waals surface area contributed by atoms with Gasteiger partial charge >= 0.3 is 5.97 Å². The van der Waals surface area contributed by atoms with Gasteiger partial charge in [0.15, 0.2) is 0 Å². The highest BCUT2D eigenvalue weighted by atomic mass is 35.5. The number of nitrogens with one attached hydrogen (secondary N) is 1. The minimum Gasteiger partial charge on any atom is -0.462 e. The zero-order valence-corrected chi connectivity index (χ0v) is 16.6. The molecule has 0 aliphatic carbocycles. The molecule has 2 heterocycles. The molecule has 0 saturated carbocycles. The molecule has 27 heavy (non-hydrogen) atoms. The van der Waals surface area contributed by atoms with E-state index in [1.807, 2.05) is 17.0 Å². The first-order chi connectivity index (χ1) is 13.1. The molecule has 2 aromatic rings. The number of anilines is 1. The van der Waals surface area contributed by atoms with Crippen LogP contribution in [0.4, 0.5) is 5.69 Å². The number of carbonyl (C=O) groups is 2. The van der Waals surface area contributed by atoms with Gasteiger partial charge in [-0.25, -0.2) is 4.79 Å². The van der Waals surface area contributed by atoms with Gasteiger partial charge in [0.1, 0.15) is 4.88 Å². The normalized spacial score (nSPS) is 14.7. The summed E-state index contributed by atoms with van der Waals surface area (Å²) in [5, 5.41) is 3.50. The molecule has 0 spiro atoms.